The van der Waals surface area contributed by atoms with Gasteiger partial charge in [-0.2, -0.15) is 0 Å². The van der Waals surface area contributed by atoms with Crippen LogP contribution in [0, 0.1) is 5.82 Å². The van der Waals surface area contributed by atoms with Gasteiger partial charge in [-0.15, -0.1) is 0 Å². The third kappa shape index (κ3) is 2.15. The van der Waals surface area contributed by atoms with Crippen LogP contribution in [0.3, 0.4) is 0 Å². The van der Waals surface area contributed by atoms with Gasteiger partial charge in [-0.1, -0.05) is 24.3 Å². The fourth-order valence-electron chi connectivity index (χ4n) is 2.16. The van der Waals surface area contributed by atoms with Crippen molar-refractivity contribution in [2.24, 2.45) is 0 Å². The number of rotatable bonds is 2. The Hall–Kier alpha value is -2.42. The smallest absolute Gasteiger partial charge is 0.140 e. The topological polar surface area (TPSA) is 16.1 Å². The molecule has 0 aliphatic heterocycles. The quantitative estimate of drug-likeness (QED) is 0.681. The van der Waals surface area contributed by atoms with E-state index in [1.807, 2.05) is 36.2 Å². The van der Waals surface area contributed by atoms with Gasteiger partial charge in [0.25, 0.3) is 0 Å². The van der Waals surface area contributed by atoms with Crippen molar-refractivity contribution < 1.29 is 4.39 Å². The molecule has 3 aromatic rings. The number of pyridine rings is 1. The molecule has 0 aliphatic carbocycles. The van der Waals surface area contributed by atoms with Crippen molar-refractivity contribution in [3.05, 3.63) is 66.6 Å². The molecule has 0 bridgehead atoms. The molecule has 0 atom stereocenters. The highest BCUT2D eigenvalue weighted by Gasteiger charge is 2.09. The first kappa shape index (κ1) is 11.7. The first-order valence-electron chi connectivity index (χ1n) is 6.09. The Morgan fingerprint density at radius 3 is 2.47 bits per heavy atom. The molecule has 3 rings (SSSR count). The average molecular weight is 252 g/mol. The van der Waals surface area contributed by atoms with Crippen molar-refractivity contribution in [3.8, 4) is 0 Å². The van der Waals surface area contributed by atoms with Gasteiger partial charge in [0.1, 0.15) is 11.6 Å². The molecule has 0 spiro atoms. The summed E-state index contributed by atoms with van der Waals surface area (Å²) in [4.78, 5) is 6.40. The van der Waals surface area contributed by atoms with Crippen molar-refractivity contribution in [1.82, 2.24) is 4.98 Å². The van der Waals surface area contributed by atoms with Crippen LogP contribution in [-0.4, -0.2) is 12.0 Å². The zero-order valence-electron chi connectivity index (χ0n) is 10.5. The lowest BCUT2D eigenvalue weighted by Crippen LogP contribution is -2.11. The Morgan fingerprint density at radius 1 is 0.947 bits per heavy atom. The number of nitrogens with zero attached hydrogens (tertiary/aromatic N) is 2. The minimum absolute atomic E-state index is 0.233. The van der Waals surface area contributed by atoms with Gasteiger partial charge in [0, 0.05) is 24.3 Å². The molecular formula is C16H13FN2. The molecule has 2 nitrogen and oxygen atoms in total. The molecule has 0 unspecified atom stereocenters. The predicted octanol–water partition coefficient (Wildman–Crippen LogP) is 4.14. The Bertz CT molecular complexity index is 702. The SMILES string of the molecule is CN(c1ccc(F)cc1)c1nccc2ccccc12. The van der Waals surface area contributed by atoms with Crippen molar-refractivity contribution in [2.45, 2.75) is 0 Å². The Labute approximate surface area is 111 Å². The van der Waals surface area contributed by atoms with Crippen LogP contribution in [0.25, 0.3) is 10.8 Å². The van der Waals surface area contributed by atoms with Gasteiger partial charge < -0.3 is 4.90 Å². The molecule has 1 heterocycles. The summed E-state index contributed by atoms with van der Waals surface area (Å²) in [6, 6.07) is 16.5. The molecule has 19 heavy (non-hydrogen) atoms. The van der Waals surface area contributed by atoms with Gasteiger partial charge in [0.2, 0.25) is 0 Å². The number of anilines is 2. The van der Waals surface area contributed by atoms with Crippen LogP contribution in [0.2, 0.25) is 0 Å². The van der Waals surface area contributed by atoms with Gasteiger partial charge in [0.15, 0.2) is 0 Å². The van der Waals surface area contributed by atoms with Crippen LogP contribution in [0.4, 0.5) is 15.9 Å². The molecule has 1 aromatic heterocycles. The molecule has 94 valence electrons. The maximum absolute atomic E-state index is 13.0. The summed E-state index contributed by atoms with van der Waals surface area (Å²) in [5.41, 5.74) is 0.908. The van der Waals surface area contributed by atoms with E-state index in [9.17, 15) is 4.39 Å². The van der Waals surface area contributed by atoms with Crippen LogP contribution in [0.5, 0.6) is 0 Å². The molecule has 0 radical (unpaired) electrons. The van der Waals surface area contributed by atoms with Crippen molar-refractivity contribution in [1.29, 1.82) is 0 Å². The van der Waals surface area contributed by atoms with Gasteiger partial charge in [-0.25, -0.2) is 9.37 Å². The van der Waals surface area contributed by atoms with Crippen LogP contribution in [0.15, 0.2) is 60.8 Å². The molecule has 0 N–H and O–H groups in total. The van der Waals surface area contributed by atoms with Crippen LogP contribution >= 0.6 is 0 Å². The largest absolute Gasteiger partial charge is 0.329 e. The number of fused-ring (bicyclic) bond motifs is 1. The van der Waals surface area contributed by atoms with Gasteiger partial charge in [-0.3, -0.25) is 0 Å². The van der Waals surface area contributed by atoms with Crippen LogP contribution in [-0.2, 0) is 0 Å². The highest BCUT2D eigenvalue weighted by atomic mass is 19.1. The standard InChI is InChI=1S/C16H13FN2/c1-19(14-8-6-13(17)7-9-14)16-15-5-3-2-4-12(15)10-11-18-16/h2-11H,1H3. The normalized spacial score (nSPS) is 10.6. The number of hydrogen-bond acceptors (Lipinski definition) is 2. The maximum atomic E-state index is 13.0. The number of benzene rings is 2. The van der Waals surface area contributed by atoms with E-state index in [2.05, 4.69) is 11.1 Å². The van der Waals surface area contributed by atoms with E-state index in [4.69, 9.17) is 0 Å². The van der Waals surface area contributed by atoms with Crippen molar-refractivity contribution >= 4 is 22.3 Å². The zero-order valence-corrected chi connectivity index (χ0v) is 10.5. The Kier molecular flexibility index (Phi) is 2.88. The molecule has 0 aliphatic rings. The lowest BCUT2D eigenvalue weighted by molar-refractivity contribution is 0.628. The summed E-state index contributed by atoms with van der Waals surface area (Å²) < 4.78 is 13.0. The highest BCUT2D eigenvalue weighted by Crippen LogP contribution is 2.28. The average Bonchev–Trinajstić information content (AvgIpc) is 2.47. The fourth-order valence-corrected chi connectivity index (χ4v) is 2.16. The van der Waals surface area contributed by atoms with E-state index < -0.39 is 0 Å². The number of halogens is 1. The molecule has 0 saturated heterocycles. The molecule has 2 aromatic carbocycles. The number of aromatic nitrogens is 1. The number of hydrogen-bond donors (Lipinski definition) is 0. The molecule has 3 heteroatoms. The Morgan fingerprint density at radius 2 is 1.68 bits per heavy atom. The van der Waals surface area contributed by atoms with Crippen LogP contribution < -0.4 is 4.90 Å². The second-order valence-electron chi connectivity index (χ2n) is 4.39. The predicted molar refractivity (Wildman–Crippen MR) is 76.2 cm³/mol. The minimum Gasteiger partial charge on any atom is -0.329 e. The minimum atomic E-state index is -0.233. The van der Waals surface area contributed by atoms with Crippen molar-refractivity contribution in [2.75, 3.05) is 11.9 Å². The summed E-state index contributed by atoms with van der Waals surface area (Å²) in [7, 11) is 1.93. The summed E-state index contributed by atoms with van der Waals surface area (Å²) in [6.45, 7) is 0. The zero-order chi connectivity index (χ0) is 13.2. The maximum Gasteiger partial charge on any atom is 0.140 e. The summed E-state index contributed by atoms with van der Waals surface area (Å²) in [5.74, 6) is 0.632. The molecular weight excluding hydrogens is 239 g/mol. The van der Waals surface area contributed by atoms with E-state index in [1.54, 1.807) is 18.3 Å². The monoisotopic (exact) mass is 252 g/mol. The van der Waals surface area contributed by atoms with E-state index >= 15 is 0 Å². The van der Waals surface area contributed by atoms with Gasteiger partial charge >= 0.3 is 0 Å². The summed E-state index contributed by atoms with van der Waals surface area (Å²) in [5, 5.41) is 2.22. The Balaban J connectivity index is 2.11. The van der Waals surface area contributed by atoms with E-state index in [1.165, 1.54) is 12.1 Å². The second kappa shape index (κ2) is 4.69. The summed E-state index contributed by atoms with van der Waals surface area (Å²) in [6.07, 6.45) is 1.79. The molecule has 0 amide bonds. The van der Waals surface area contributed by atoms with Gasteiger partial charge in [-0.05, 0) is 35.7 Å². The lowest BCUT2D eigenvalue weighted by Gasteiger charge is -2.20. The first-order valence-corrected chi connectivity index (χ1v) is 6.09. The van der Waals surface area contributed by atoms with E-state index in [-0.39, 0.29) is 5.82 Å². The lowest BCUT2D eigenvalue weighted by atomic mass is 10.1. The fraction of sp³-hybridized carbons (Fsp3) is 0.0625. The van der Waals surface area contributed by atoms with Crippen molar-refractivity contribution in [3.63, 3.8) is 0 Å². The second-order valence-corrected chi connectivity index (χ2v) is 4.39. The van der Waals surface area contributed by atoms with Crippen LogP contribution in [0.1, 0.15) is 0 Å². The molecule has 0 fully saturated rings. The van der Waals surface area contributed by atoms with Gasteiger partial charge in [0.05, 0.1) is 0 Å². The third-order valence-electron chi connectivity index (χ3n) is 3.18. The van der Waals surface area contributed by atoms with E-state index in [0.29, 0.717) is 0 Å². The highest BCUT2D eigenvalue weighted by molar-refractivity contribution is 5.93. The van der Waals surface area contributed by atoms with E-state index in [0.717, 1.165) is 22.3 Å². The summed E-state index contributed by atoms with van der Waals surface area (Å²) >= 11 is 0. The first-order chi connectivity index (χ1) is 9.25. The molecule has 0 saturated carbocycles. The third-order valence-corrected chi connectivity index (χ3v) is 3.18.